The van der Waals surface area contributed by atoms with Crippen LogP contribution < -0.4 is 5.32 Å². The number of nitrogens with zero attached hydrogens (tertiary/aromatic N) is 3. The maximum absolute atomic E-state index is 3.24. The molecule has 4 nitrogen and oxygen atoms in total. The second-order valence-corrected chi connectivity index (χ2v) is 6.23. The molecule has 20 heavy (non-hydrogen) atoms. The molecule has 0 amide bonds. The lowest BCUT2D eigenvalue weighted by Crippen LogP contribution is -2.49. The van der Waals surface area contributed by atoms with Gasteiger partial charge in [-0.25, -0.2) is 0 Å². The maximum Gasteiger partial charge on any atom is 0.0626 e. The molecule has 0 saturated carbocycles. The topological polar surface area (TPSA) is 23.4 Å². The molecule has 0 aromatic carbocycles. The highest BCUT2D eigenvalue weighted by Crippen LogP contribution is 2.39. The van der Waals surface area contributed by atoms with Gasteiger partial charge in [-0.3, -0.25) is 9.80 Å². The molecule has 2 unspecified atom stereocenters. The zero-order chi connectivity index (χ0) is 13.9. The number of fused-ring (bicyclic) bond motifs is 1. The van der Waals surface area contributed by atoms with Gasteiger partial charge in [0.25, 0.3) is 0 Å². The van der Waals surface area contributed by atoms with E-state index in [1.54, 1.807) is 0 Å². The third kappa shape index (κ3) is 2.65. The van der Waals surface area contributed by atoms with E-state index in [-0.39, 0.29) is 0 Å². The van der Waals surface area contributed by atoms with E-state index in [4.69, 9.17) is 0 Å². The quantitative estimate of drug-likeness (QED) is 0.831. The summed E-state index contributed by atoms with van der Waals surface area (Å²) in [5.41, 5.74) is 1.53. The van der Waals surface area contributed by atoms with Crippen molar-refractivity contribution in [2.75, 3.05) is 33.7 Å². The van der Waals surface area contributed by atoms with Crippen molar-refractivity contribution in [2.24, 2.45) is 0 Å². The van der Waals surface area contributed by atoms with Gasteiger partial charge >= 0.3 is 0 Å². The zero-order valence-corrected chi connectivity index (χ0v) is 12.9. The van der Waals surface area contributed by atoms with E-state index in [0.29, 0.717) is 12.2 Å². The van der Waals surface area contributed by atoms with Gasteiger partial charge in [0.2, 0.25) is 0 Å². The van der Waals surface area contributed by atoms with Gasteiger partial charge in [-0.05, 0) is 58.5 Å². The summed E-state index contributed by atoms with van der Waals surface area (Å²) in [6.07, 6.45) is 8.08. The first kappa shape index (κ1) is 14.1. The Kier molecular flexibility index (Phi) is 4.44. The highest BCUT2D eigenvalue weighted by molar-refractivity contribution is 5.15. The summed E-state index contributed by atoms with van der Waals surface area (Å²) >= 11 is 0. The first-order valence-corrected chi connectivity index (χ1v) is 8.07. The SMILES string of the molecule is CNCCCn1cccc1C1CCC2N(C)CCCN12. The van der Waals surface area contributed by atoms with Crippen molar-refractivity contribution >= 4 is 0 Å². The molecule has 0 aliphatic carbocycles. The Bertz CT molecular complexity index is 428. The Labute approximate surface area is 122 Å². The van der Waals surface area contributed by atoms with Crippen molar-refractivity contribution in [3.63, 3.8) is 0 Å². The van der Waals surface area contributed by atoms with Crippen LogP contribution in [0.25, 0.3) is 0 Å². The lowest BCUT2D eigenvalue weighted by Gasteiger charge is -2.40. The Morgan fingerprint density at radius 1 is 1.30 bits per heavy atom. The average Bonchev–Trinajstić information content (AvgIpc) is 3.05. The number of aromatic nitrogens is 1. The summed E-state index contributed by atoms with van der Waals surface area (Å²) in [5, 5.41) is 3.24. The normalized spacial score (nSPS) is 27.9. The van der Waals surface area contributed by atoms with E-state index in [1.165, 1.54) is 44.5 Å². The Hall–Kier alpha value is -0.840. The van der Waals surface area contributed by atoms with Crippen LogP contribution in [0.15, 0.2) is 18.3 Å². The van der Waals surface area contributed by atoms with Crippen molar-refractivity contribution < 1.29 is 0 Å². The lowest BCUT2D eigenvalue weighted by molar-refractivity contribution is 0.0300. The minimum absolute atomic E-state index is 0.632. The van der Waals surface area contributed by atoms with Crippen molar-refractivity contribution in [1.82, 2.24) is 19.7 Å². The van der Waals surface area contributed by atoms with Crippen LogP contribution in [0.3, 0.4) is 0 Å². The average molecular weight is 276 g/mol. The van der Waals surface area contributed by atoms with Crippen LogP contribution in [0.1, 0.15) is 37.4 Å². The standard InChI is InChI=1S/C16H28N4/c1-17-9-4-12-19-11-3-6-14(19)15-7-8-16-18(2)10-5-13-20(15)16/h3,6,11,15-17H,4-5,7-10,12-13H2,1-2H3. The van der Waals surface area contributed by atoms with Gasteiger partial charge < -0.3 is 9.88 Å². The summed E-state index contributed by atoms with van der Waals surface area (Å²) in [6.45, 7) is 4.75. The molecule has 1 N–H and O–H groups in total. The first-order valence-electron chi connectivity index (χ1n) is 8.07. The Morgan fingerprint density at radius 2 is 2.20 bits per heavy atom. The molecule has 2 aliphatic rings. The number of hydrogen-bond donors (Lipinski definition) is 1. The molecule has 4 heteroatoms. The monoisotopic (exact) mass is 276 g/mol. The highest BCUT2D eigenvalue weighted by atomic mass is 15.4. The minimum atomic E-state index is 0.632. The fraction of sp³-hybridized carbons (Fsp3) is 0.750. The molecule has 0 spiro atoms. The number of rotatable bonds is 5. The molecule has 0 bridgehead atoms. The number of aryl methyl sites for hydroxylation is 1. The van der Waals surface area contributed by atoms with Crippen LogP contribution in [-0.4, -0.2) is 54.3 Å². The lowest BCUT2D eigenvalue weighted by atomic mass is 10.1. The van der Waals surface area contributed by atoms with Crippen LogP contribution in [0, 0.1) is 0 Å². The fourth-order valence-corrected chi connectivity index (χ4v) is 3.95. The van der Waals surface area contributed by atoms with Crippen LogP contribution in [0.5, 0.6) is 0 Å². The third-order valence-corrected chi connectivity index (χ3v) is 4.95. The van der Waals surface area contributed by atoms with Crippen molar-refractivity contribution in [1.29, 1.82) is 0 Å². The van der Waals surface area contributed by atoms with Gasteiger partial charge in [-0.2, -0.15) is 0 Å². The summed E-state index contributed by atoms with van der Waals surface area (Å²) in [4.78, 5) is 5.27. The van der Waals surface area contributed by atoms with Gasteiger partial charge in [-0.15, -0.1) is 0 Å². The number of hydrogen-bond acceptors (Lipinski definition) is 3. The van der Waals surface area contributed by atoms with Crippen molar-refractivity contribution in [3.05, 3.63) is 24.0 Å². The van der Waals surface area contributed by atoms with Crippen molar-refractivity contribution in [3.8, 4) is 0 Å². The predicted octanol–water partition coefficient (Wildman–Crippen LogP) is 1.90. The van der Waals surface area contributed by atoms with Gasteiger partial charge in [0.15, 0.2) is 0 Å². The molecule has 112 valence electrons. The Morgan fingerprint density at radius 3 is 3.05 bits per heavy atom. The molecular formula is C16H28N4. The van der Waals surface area contributed by atoms with E-state index in [0.717, 1.165) is 13.1 Å². The summed E-state index contributed by atoms with van der Waals surface area (Å²) in [6, 6.07) is 5.18. The summed E-state index contributed by atoms with van der Waals surface area (Å²) in [7, 11) is 4.31. The predicted molar refractivity (Wildman–Crippen MR) is 82.7 cm³/mol. The van der Waals surface area contributed by atoms with Gasteiger partial charge in [0.1, 0.15) is 0 Å². The molecule has 2 atom stereocenters. The zero-order valence-electron chi connectivity index (χ0n) is 12.9. The van der Waals surface area contributed by atoms with E-state index in [2.05, 4.69) is 45.1 Å². The molecule has 0 radical (unpaired) electrons. The molecule has 2 aliphatic heterocycles. The van der Waals surface area contributed by atoms with Crippen LogP contribution >= 0.6 is 0 Å². The van der Waals surface area contributed by atoms with Gasteiger partial charge in [0, 0.05) is 31.5 Å². The molecule has 3 heterocycles. The maximum atomic E-state index is 3.24. The van der Waals surface area contributed by atoms with Crippen molar-refractivity contribution in [2.45, 2.75) is 44.4 Å². The molecule has 3 rings (SSSR count). The van der Waals surface area contributed by atoms with E-state index >= 15 is 0 Å². The van der Waals surface area contributed by atoms with Crippen LogP contribution in [-0.2, 0) is 6.54 Å². The van der Waals surface area contributed by atoms with E-state index in [1.807, 2.05) is 7.05 Å². The first-order chi connectivity index (χ1) is 9.81. The molecular weight excluding hydrogens is 248 g/mol. The summed E-state index contributed by atoms with van der Waals surface area (Å²) < 4.78 is 2.47. The molecule has 1 aromatic rings. The van der Waals surface area contributed by atoms with E-state index < -0.39 is 0 Å². The van der Waals surface area contributed by atoms with Gasteiger partial charge in [-0.1, -0.05) is 0 Å². The largest absolute Gasteiger partial charge is 0.350 e. The third-order valence-electron chi connectivity index (χ3n) is 4.95. The molecule has 2 fully saturated rings. The van der Waals surface area contributed by atoms with Gasteiger partial charge in [0.05, 0.1) is 12.2 Å². The molecule has 2 saturated heterocycles. The smallest absolute Gasteiger partial charge is 0.0626 e. The number of nitrogens with one attached hydrogen (secondary N) is 1. The Balaban J connectivity index is 1.71. The fourth-order valence-electron chi connectivity index (χ4n) is 3.95. The second kappa shape index (κ2) is 6.29. The molecule has 1 aromatic heterocycles. The van der Waals surface area contributed by atoms with Crippen LogP contribution in [0.2, 0.25) is 0 Å². The van der Waals surface area contributed by atoms with E-state index in [9.17, 15) is 0 Å². The summed E-state index contributed by atoms with van der Waals surface area (Å²) in [5.74, 6) is 0. The highest BCUT2D eigenvalue weighted by Gasteiger charge is 2.39. The second-order valence-electron chi connectivity index (χ2n) is 6.23. The van der Waals surface area contributed by atoms with Crippen LogP contribution in [0.4, 0.5) is 0 Å². The minimum Gasteiger partial charge on any atom is -0.350 e.